The smallest absolute Gasteiger partial charge is 0.310 e. The van der Waals surface area contributed by atoms with Crippen molar-refractivity contribution in [2.45, 2.75) is 58.4 Å². The Morgan fingerprint density at radius 1 is 0.851 bits per heavy atom. The molecule has 3 heterocycles. The van der Waals surface area contributed by atoms with Crippen LogP contribution >= 0.6 is 0 Å². The quantitative estimate of drug-likeness (QED) is 0.120. The van der Waals surface area contributed by atoms with Gasteiger partial charge in [0.2, 0.25) is 5.91 Å². The van der Waals surface area contributed by atoms with E-state index >= 15 is 0 Å². The maximum atomic E-state index is 14.3. The second-order valence-electron chi connectivity index (χ2n) is 12.5. The molecule has 0 saturated heterocycles. The first-order valence-electron chi connectivity index (χ1n) is 16.5. The lowest BCUT2D eigenvalue weighted by Crippen LogP contribution is -2.39. The molecule has 6 nitrogen and oxygen atoms in total. The molecule has 0 saturated carbocycles. The number of rotatable bonds is 9. The molecular weight excluding hydrogens is 582 g/mol. The number of aromatic nitrogens is 3. The van der Waals surface area contributed by atoms with Crippen molar-refractivity contribution in [1.29, 1.82) is 0 Å². The Kier molecular flexibility index (Phi) is 8.10. The number of fused-ring (bicyclic) bond motifs is 3. The highest BCUT2D eigenvalue weighted by Crippen LogP contribution is 2.45. The Hall–Kier alpha value is -5.23. The molecule has 1 aliphatic rings. The van der Waals surface area contributed by atoms with E-state index < -0.39 is 11.5 Å². The lowest BCUT2D eigenvalue weighted by atomic mass is 9.76. The van der Waals surface area contributed by atoms with E-state index in [1.165, 1.54) is 17.9 Å². The Morgan fingerprint density at radius 2 is 1.40 bits per heavy atom. The molecule has 6 heteroatoms. The van der Waals surface area contributed by atoms with Crippen LogP contribution < -0.4 is 4.74 Å². The van der Waals surface area contributed by atoms with E-state index in [0.29, 0.717) is 6.42 Å². The van der Waals surface area contributed by atoms with E-state index in [0.717, 1.165) is 65.0 Å². The molecule has 4 aromatic carbocycles. The Balaban J connectivity index is 1.41. The molecule has 0 radical (unpaired) electrons. The number of nitrogens with zero attached hydrogens (tertiary/aromatic N) is 3. The summed E-state index contributed by atoms with van der Waals surface area (Å²) >= 11 is 0. The number of benzene rings is 4. The number of carbonyl (C=O) groups is 2. The molecule has 1 unspecified atom stereocenters. The largest absolute Gasteiger partial charge is 0.392 e. The Morgan fingerprint density at radius 3 is 1.96 bits per heavy atom. The van der Waals surface area contributed by atoms with E-state index in [2.05, 4.69) is 66.1 Å². The molecule has 1 atom stereocenters. The summed E-state index contributed by atoms with van der Waals surface area (Å²) in [6, 6.07) is 39.3. The molecule has 0 fully saturated rings. The first-order chi connectivity index (χ1) is 22.9. The van der Waals surface area contributed by atoms with Crippen LogP contribution in [-0.2, 0) is 29.6 Å². The van der Waals surface area contributed by atoms with Gasteiger partial charge >= 0.3 is 12.0 Å². The number of para-hydroxylation sites is 1. The summed E-state index contributed by atoms with van der Waals surface area (Å²) < 4.78 is 9.99. The summed E-state index contributed by atoms with van der Waals surface area (Å²) in [4.78, 5) is 32.0. The van der Waals surface area contributed by atoms with Crippen molar-refractivity contribution in [3.8, 4) is 6.01 Å². The zero-order chi connectivity index (χ0) is 32.5. The summed E-state index contributed by atoms with van der Waals surface area (Å²) in [5.74, 6) is -0.612. The summed E-state index contributed by atoms with van der Waals surface area (Å²) in [5, 5.41) is 1.18. The fraction of sp³-hybridized carbons (Fsp3) is 0.244. The highest BCUT2D eigenvalue weighted by atomic mass is 16.5. The Bertz CT molecular complexity index is 1960. The van der Waals surface area contributed by atoms with Gasteiger partial charge in [-0.05, 0) is 54.5 Å². The molecule has 236 valence electrons. The van der Waals surface area contributed by atoms with E-state index in [1.807, 2.05) is 72.2 Å². The zero-order valence-electron chi connectivity index (χ0n) is 27.1. The van der Waals surface area contributed by atoms with Gasteiger partial charge in [0.1, 0.15) is 5.54 Å². The van der Waals surface area contributed by atoms with Gasteiger partial charge in [-0.1, -0.05) is 123 Å². The van der Waals surface area contributed by atoms with Crippen molar-refractivity contribution >= 4 is 22.8 Å². The minimum atomic E-state index is -0.917. The monoisotopic (exact) mass is 621 g/mol. The van der Waals surface area contributed by atoms with Crippen LogP contribution in [-0.4, -0.2) is 26.0 Å². The van der Waals surface area contributed by atoms with Gasteiger partial charge in [0.25, 0.3) is 0 Å². The van der Waals surface area contributed by atoms with Crippen LogP contribution in [0.3, 0.4) is 0 Å². The highest BCUT2D eigenvalue weighted by Gasteiger charge is 2.43. The third kappa shape index (κ3) is 5.09. The number of carbonyl (C=O) groups excluding carboxylic acids is 2. The molecule has 6 aromatic rings. The van der Waals surface area contributed by atoms with Crippen molar-refractivity contribution in [3.63, 3.8) is 0 Å². The summed E-state index contributed by atoms with van der Waals surface area (Å²) in [6.45, 7) is 5.62. The van der Waals surface area contributed by atoms with Crippen LogP contribution in [0.15, 0.2) is 115 Å². The lowest BCUT2D eigenvalue weighted by Gasteiger charge is -2.39. The third-order valence-corrected chi connectivity index (χ3v) is 9.65. The first kappa shape index (κ1) is 30.4. The maximum absolute atomic E-state index is 14.3. The van der Waals surface area contributed by atoms with Crippen LogP contribution in [0.5, 0.6) is 6.01 Å². The van der Waals surface area contributed by atoms with E-state index in [4.69, 9.17) is 9.72 Å². The molecule has 47 heavy (non-hydrogen) atoms. The zero-order valence-corrected chi connectivity index (χ0v) is 27.1. The topological polar surface area (TPSA) is 66.1 Å². The van der Waals surface area contributed by atoms with E-state index in [-0.39, 0.29) is 17.8 Å². The van der Waals surface area contributed by atoms with Gasteiger partial charge in [0, 0.05) is 36.0 Å². The fourth-order valence-corrected chi connectivity index (χ4v) is 7.67. The van der Waals surface area contributed by atoms with Crippen LogP contribution in [0.25, 0.3) is 10.9 Å². The SMILES string of the molecule is CCCc1c2n(c3ccccc13)C(=O)C(Cc1nc(OC(C)=O)n(C(c3ccccc3)(c3ccccc3)c3ccccc3)c1C)CC2. The van der Waals surface area contributed by atoms with Crippen LogP contribution in [0, 0.1) is 12.8 Å². The number of aryl methyl sites for hydroxylation is 1. The van der Waals surface area contributed by atoms with Crippen molar-refractivity contribution < 1.29 is 14.3 Å². The van der Waals surface area contributed by atoms with E-state index in [1.54, 1.807) is 0 Å². The molecule has 0 bridgehead atoms. The van der Waals surface area contributed by atoms with Crippen molar-refractivity contribution in [1.82, 2.24) is 14.1 Å². The van der Waals surface area contributed by atoms with Crippen LogP contribution in [0.4, 0.5) is 0 Å². The summed E-state index contributed by atoms with van der Waals surface area (Å²) in [5.41, 5.74) is 7.11. The second kappa shape index (κ2) is 12.5. The molecule has 2 aromatic heterocycles. The molecule has 7 rings (SSSR count). The van der Waals surface area contributed by atoms with Gasteiger partial charge < -0.3 is 4.74 Å². The van der Waals surface area contributed by atoms with Crippen molar-refractivity contribution in [2.75, 3.05) is 0 Å². The highest BCUT2D eigenvalue weighted by molar-refractivity contribution is 5.97. The molecule has 0 amide bonds. The van der Waals surface area contributed by atoms with Gasteiger partial charge in [-0.25, -0.2) is 0 Å². The second-order valence-corrected chi connectivity index (χ2v) is 12.5. The summed E-state index contributed by atoms with van der Waals surface area (Å²) in [6.07, 6.45) is 3.99. The van der Waals surface area contributed by atoms with Gasteiger partial charge in [-0.15, -0.1) is 0 Å². The molecule has 0 N–H and O–H groups in total. The molecular formula is C41H39N3O3. The van der Waals surface area contributed by atoms with E-state index in [9.17, 15) is 9.59 Å². The van der Waals surface area contributed by atoms with Crippen molar-refractivity contribution in [2.24, 2.45) is 5.92 Å². The number of imidazole rings is 1. The number of ether oxygens (including phenoxy) is 1. The van der Waals surface area contributed by atoms with Gasteiger partial charge in [0.15, 0.2) is 0 Å². The average Bonchev–Trinajstić information content (AvgIpc) is 3.58. The minimum Gasteiger partial charge on any atom is -0.392 e. The number of hydrogen-bond acceptors (Lipinski definition) is 4. The van der Waals surface area contributed by atoms with Crippen molar-refractivity contribution in [3.05, 3.63) is 155 Å². The van der Waals surface area contributed by atoms with Gasteiger partial charge in [-0.2, -0.15) is 4.98 Å². The standard InChI is InChI=1S/C41H39N3O3/c1-4-16-34-35-23-14-15-24-37(35)43-38(34)26-25-30(39(43)46)27-36-28(2)44(40(42-36)47-29(3)45)41(31-17-8-5-9-18-31,32-19-10-6-11-20-32)33-21-12-7-13-22-33/h5-15,17-24,30H,4,16,25-27H2,1-3H3. The first-order valence-corrected chi connectivity index (χ1v) is 16.5. The van der Waals surface area contributed by atoms with Gasteiger partial charge in [0.05, 0.1) is 11.2 Å². The summed E-state index contributed by atoms with van der Waals surface area (Å²) in [7, 11) is 0. The predicted molar refractivity (Wildman–Crippen MR) is 185 cm³/mol. The molecule has 0 aliphatic carbocycles. The third-order valence-electron chi connectivity index (χ3n) is 9.65. The number of esters is 1. The molecule has 0 spiro atoms. The normalized spacial score (nSPS) is 14.7. The predicted octanol–water partition coefficient (Wildman–Crippen LogP) is 8.31. The maximum Gasteiger partial charge on any atom is 0.310 e. The van der Waals surface area contributed by atoms with Crippen LogP contribution in [0.2, 0.25) is 0 Å². The van der Waals surface area contributed by atoms with Gasteiger partial charge in [-0.3, -0.25) is 18.7 Å². The fourth-order valence-electron chi connectivity index (χ4n) is 7.67. The molecule has 1 aliphatic heterocycles. The lowest BCUT2D eigenvalue weighted by molar-refractivity contribution is -0.132. The Labute approximate surface area is 275 Å². The minimum absolute atomic E-state index is 0.105. The van der Waals surface area contributed by atoms with Crippen LogP contribution in [0.1, 0.15) is 70.8 Å². The average molecular weight is 622 g/mol. The number of hydrogen-bond donors (Lipinski definition) is 0.